The third kappa shape index (κ3) is 3.80. The number of phenolic OH excluding ortho intramolecular Hbond substituents is 1. The van der Waals surface area contributed by atoms with Crippen LogP contribution in [0.1, 0.15) is 21.5 Å². The van der Waals surface area contributed by atoms with Crippen LogP contribution in [0.4, 0.5) is 0 Å². The number of benzene rings is 1. The van der Waals surface area contributed by atoms with Gasteiger partial charge in [0.2, 0.25) is 0 Å². The summed E-state index contributed by atoms with van der Waals surface area (Å²) < 4.78 is 0. The minimum absolute atomic E-state index is 0.0406. The Kier molecular flexibility index (Phi) is 4.67. The maximum absolute atomic E-state index is 12.0. The first-order valence-electron chi connectivity index (χ1n) is 6.33. The van der Waals surface area contributed by atoms with E-state index in [9.17, 15) is 9.90 Å². The predicted octanol–water partition coefficient (Wildman–Crippen LogP) is 0.904. The number of carbonyl (C=O) groups is 1. The molecule has 1 aromatic heterocycles. The van der Waals surface area contributed by atoms with Gasteiger partial charge < -0.3 is 10.8 Å². The number of amides is 1. The summed E-state index contributed by atoms with van der Waals surface area (Å²) in [5.74, 6) is -0.951. The second-order valence-corrected chi connectivity index (χ2v) is 4.35. The van der Waals surface area contributed by atoms with Crippen molar-refractivity contribution in [1.29, 1.82) is 5.26 Å². The molecular weight excluding hydrogens is 282 g/mol. The van der Waals surface area contributed by atoms with E-state index in [1.807, 2.05) is 6.07 Å². The Morgan fingerprint density at radius 3 is 2.77 bits per heavy atom. The lowest BCUT2D eigenvalue weighted by atomic mass is 10.1. The number of aromatic nitrogens is 1. The van der Waals surface area contributed by atoms with E-state index in [0.29, 0.717) is 6.54 Å². The van der Waals surface area contributed by atoms with Gasteiger partial charge in [0.15, 0.2) is 5.96 Å². The molecule has 2 aromatic rings. The van der Waals surface area contributed by atoms with Gasteiger partial charge in [-0.15, -0.1) is 0 Å². The molecule has 7 heteroatoms. The molecule has 0 aliphatic rings. The highest BCUT2D eigenvalue weighted by Crippen LogP contribution is 2.17. The van der Waals surface area contributed by atoms with Gasteiger partial charge in [-0.3, -0.25) is 15.1 Å². The Bertz CT molecular complexity index is 750. The number of phenols is 1. The van der Waals surface area contributed by atoms with Gasteiger partial charge in [-0.05, 0) is 35.9 Å². The molecule has 0 radical (unpaired) electrons. The highest BCUT2D eigenvalue weighted by molar-refractivity contribution is 6.06. The number of hydrogen-bond acceptors (Lipinski definition) is 5. The van der Waals surface area contributed by atoms with E-state index in [1.165, 1.54) is 18.2 Å². The molecule has 2 rings (SSSR count). The SMILES string of the molecule is N#Cc1ccc(O)c(C(=O)NC(N)=NCc2ccncc2)c1. The molecule has 0 fully saturated rings. The zero-order valence-corrected chi connectivity index (χ0v) is 11.5. The maximum Gasteiger partial charge on any atom is 0.261 e. The summed E-state index contributed by atoms with van der Waals surface area (Å²) in [6, 6.07) is 9.41. The number of aliphatic imine (C=N–C) groups is 1. The smallest absolute Gasteiger partial charge is 0.261 e. The molecule has 0 unspecified atom stereocenters. The van der Waals surface area contributed by atoms with E-state index >= 15 is 0 Å². The van der Waals surface area contributed by atoms with Crippen LogP contribution in [0.25, 0.3) is 0 Å². The van der Waals surface area contributed by atoms with Gasteiger partial charge in [0, 0.05) is 12.4 Å². The summed E-state index contributed by atoms with van der Waals surface area (Å²) in [5, 5.41) is 20.8. The van der Waals surface area contributed by atoms with Gasteiger partial charge in [-0.25, -0.2) is 4.99 Å². The third-order valence-corrected chi connectivity index (χ3v) is 2.79. The van der Waals surface area contributed by atoms with Crippen molar-refractivity contribution in [2.45, 2.75) is 6.54 Å². The number of aromatic hydroxyl groups is 1. The number of carbonyl (C=O) groups excluding carboxylic acids is 1. The fourth-order valence-electron chi connectivity index (χ4n) is 1.68. The van der Waals surface area contributed by atoms with Crippen LogP contribution in [-0.4, -0.2) is 22.0 Å². The van der Waals surface area contributed by atoms with Crippen LogP contribution in [0.5, 0.6) is 5.75 Å². The number of nitrogens with one attached hydrogen (secondary N) is 1. The lowest BCUT2D eigenvalue weighted by Crippen LogP contribution is -2.36. The van der Waals surface area contributed by atoms with Crippen LogP contribution < -0.4 is 11.1 Å². The van der Waals surface area contributed by atoms with Gasteiger partial charge >= 0.3 is 0 Å². The van der Waals surface area contributed by atoms with Crippen LogP contribution >= 0.6 is 0 Å². The molecule has 0 aliphatic carbocycles. The normalized spacial score (nSPS) is 10.8. The Labute approximate surface area is 126 Å². The van der Waals surface area contributed by atoms with E-state index in [0.717, 1.165) is 5.56 Å². The molecule has 22 heavy (non-hydrogen) atoms. The highest BCUT2D eigenvalue weighted by Gasteiger charge is 2.12. The van der Waals surface area contributed by atoms with Crippen molar-refractivity contribution < 1.29 is 9.90 Å². The van der Waals surface area contributed by atoms with Crippen LogP contribution in [0.15, 0.2) is 47.7 Å². The average Bonchev–Trinajstić information content (AvgIpc) is 2.54. The van der Waals surface area contributed by atoms with Crippen molar-refractivity contribution in [3.63, 3.8) is 0 Å². The van der Waals surface area contributed by atoms with Gasteiger partial charge in [-0.2, -0.15) is 5.26 Å². The number of pyridine rings is 1. The van der Waals surface area contributed by atoms with Crippen LogP contribution in [-0.2, 0) is 6.54 Å². The molecule has 0 bridgehead atoms. The van der Waals surface area contributed by atoms with Gasteiger partial charge in [0.05, 0.1) is 23.7 Å². The summed E-state index contributed by atoms with van der Waals surface area (Å²) in [5.41, 5.74) is 6.75. The van der Waals surface area contributed by atoms with E-state index in [2.05, 4.69) is 15.3 Å². The van der Waals surface area contributed by atoms with Crippen molar-refractivity contribution in [1.82, 2.24) is 10.3 Å². The number of nitriles is 1. The van der Waals surface area contributed by atoms with E-state index in [-0.39, 0.29) is 22.8 Å². The molecule has 0 aliphatic heterocycles. The van der Waals surface area contributed by atoms with Crippen LogP contribution in [0.2, 0.25) is 0 Å². The maximum atomic E-state index is 12.0. The minimum Gasteiger partial charge on any atom is -0.507 e. The van der Waals surface area contributed by atoms with Gasteiger partial charge in [0.1, 0.15) is 5.75 Å². The molecule has 1 heterocycles. The number of nitrogens with zero attached hydrogens (tertiary/aromatic N) is 3. The first kappa shape index (κ1) is 15.0. The molecule has 110 valence electrons. The van der Waals surface area contributed by atoms with Crippen molar-refractivity contribution >= 4 is 11.9 Å². The predicted molar refractivity (Wildman–Crippen MR) is 79.9 cm³/mol. The standard InChI is InChI=1S/C15H13N5O2/c16-8-11-1-2-13(21)12(7-11)14(22)20-15(17)19-9-10-3-5-18-6-4-10/h1-7,21H,9H2,(H3,17,19,20,22). The van der Waals surface area contributed by atoms with E-state index < -0.39 is 5.91 Å². The zero-order chi connectivity index (χ0) is 15.9. The summed E-state index contributed by atoms with van der Waals surface area (Å²) >= 11 is 0. The van der Waals surface area contributed by atoms with Crippen LogP contribution in [0, 0.1) is 11.3 Å². The lowest BCUT2D eigenvalue weighted by molar-refractivity contribution is 0.0974. The highest BCUT2D eigenvalue weighted by atomic mass is 16.3. The molecule has 7 nitrogen and oxygen atoms in total. The Morgan fingerprint density at radius 1 is 1.36 bits per heavy atom. The molecule has 0 atom stereocenters. The van der Waals surface area contributed by atoms with E-state index in [4.69, 9.17) is 11.0 Å². The summed E-state index contributed by atoms with van der Waals surface area (Å²) in [4.78, 5) is 19.9. The minimum atomic E-state index is -0.634. The van der Waals surface area contributed by atoms with E-state index in [1.54, 1.807) is 24.5 Å². The molecule has 1 amide bonds. The molecule has 0 saturated carbocycles. The summed E-state index contributed by atoms with van der Waals surface area (Å²) in [6.07, 6.45) is 3.26. The molecule has 4 N–H and O–H groups in total. The average molecular weight is 295 g/mol. The second-order valence-electron chi connectivity index (χ2n) is 4.35. The van der Waals surface area contributed by atoms with Crippen molar-refractivity contribution in [2.24, 2.45) is 10.7 Å². The fourth-order valence-corrected chi connectivity index (χ4v) is 1.68. The Hall–Kier alpha value is -3.40. The number of nitrogens with two attached hydrogens (primary N) is 1. The number of rotatable bonds is 3. The third-order valence-electron chi connectivity index (χ3n) is 2.79. The van der Waals surface area contributed by atoms with Gasteiger partial charge in [-0.1, -0.05) is 0 Å². The molecule has 0 saturated heterocycles. The Morgan fingerprint density at radius 2 is 2.09 bits per heavy atom. The zero-order valence-electron chi connectivity index (χ0n) is 11.5. The first-order valence-corrected chi connectivity index (χ1v) is 6.33. The first-order chi connectivity index (χ1) is 10.6. The van der Waals surface area contributed by atoms with Crippen molar-refractivity contribution in [3.05, 3.63) is 59.4 Å². The molecule has 1 aromatic carbocycles. The largest absolute Gasteiger partial charge is 0.507 e. The quantitative estimate of drug-likeness (QED) is 0.573. The Balaban J connectivity index is 2.07. The number of guanidine groups is 1. The molecule has 0 spiro atoms. The summed E-state index contributed by atoms with van der Waals surface area (Å²) in [7, 11) is 0. The molecular formula is C15H13N5O2. The fraction of sp³-hybridized carbons (Fsp3) is 0.0667. The second kappa shape index (κ2) is 6.85. The topological polar surface area (TPSA) is 124 Å². The summed E-state index contributed by atoms with van der Waals surface area (Å²) in [6.45, 7) is 0.291. The van der Waals surface area contributed by atoms with Gasteiger partial charge in [0.25, 0.3) is 5.91 Å². The number of hydrogen-bond donors (Lipinski definition) is 3. The van der Waals surface area contributed by atoms with Crippen molar-refractivity contribution in [3.8, 4) is 11.8 Å². The van der Waals surface area contributed by atoms with Crippen LogP contribution in [0.3, 0.4) is 0 Å². The monoisotopic (exact) mass is 295 g/mol. The lowest BCUT2D eigenvalue weighted by Gasteiger charge is -2.06. The van der Waals surface area contributed by atoms with Crippen molar-refractivity contribution in [2.75, 3.05) is 0 Å².